The van der Waals surface area contributed by atoms with Gasteiger partial charge in [-0.3, -0.25) is 0 Å². The molecule has 3 aliphatic rings. The van der Waals surface area contributed by atoms with Crippen LogP contribution in [0.4, 0.5) is 0 Å². The van der Waals surface area contributed by atoms with Crippen LogP contribution in [-0.2, 0) is 4.74 Å². The van der Waals surface area contributed by atoms with Crippen molar-refractivity contribution < 1.29 is 14.9 Å². The minimum absolute atomic E-state index is 0.0345. The van der Waals surface area contributed by atoms with E-state index < -0.39 is 6.10 Å². The smallest absolute Gasteiger partial charge is 0.288 e. The van der Waals surface area contributed by atoms with Crippen molar-refractivity contribution in [1.29, 1.82) is 0 Å². The van der Waals surface area contributed by atoms with Crippen LogP contribution in [0.1, 0.15) is 19.3 Å². The lowest BCUT2D eigenvalue weighted by molar-refractivity contribution is -0.0139. The lowest BCUT2D eigenvalue weighted by Gasteiger charge is -2.34. The number of aliphatic hydroxyl groups is 2. The van der Waals surface area contributed by atoms with Gasteiger partial charge < -0.3 is 19.8 Å². The second-order valence-electron chi connectivity index (χ2n) is 4.96. The van der Waals surface area contributed by atoms with E-state index in [1.54, 1.807) is 0 Å². The Hall–Kier alpha value is -0.810. The molecule has 2 N–H and O–H groups in total. The van der Waals surface area contributed by atoms with E-state index in [1.807, 2.05) is 0 Å². The highest BCUT2D eigenvalue weighted by Crippen LogP contribution is 2.33. The predicted octanol–water partition coefficient (Wildman–Crippen LogP) is -0.421. The monoisotopic (exact) mass is 226 g/mol. The average Bonchev–Trinajstić information content (AvgIpc) is 2.55. The van der Waals surface area contributed by atoms with Crippen LogP contribution in [0.2, 0.25) is 0 Å². The summed E-state index contributed by atoms with van der Waals surface area (Å²) in [7, 11) is 0. The quantitative estimate of drug-likeness (QED) is 0.637. The van der Waals surface area contributed by atoms with Gasteiger partial charge in [0.05, 0.1) is 12.1 Å². The average molecular weight is 226 g/mol. The van der Waals surface area contributed by atoms with Gasteiger partial charge in [0.2, 0.25) is 0 Å². The minimum atomic E-state index is -0.436. The van der Waals surface area contributed by atoms with Crippen LogP contribution in [0.15, 0.2) is 4.99 Å². The maximum absolute atomic E-state index is 9.81. The summed E-state index contributed by atoms with van der Waals surface area (Å²) in [4.78, 5) is 6.67. The highest BCUT2D eigenvalue weighted by atomic mass is 16.5. The Labute approximate surface area is 94.7 Å². The number of amidine groups is 1. The molecule has 3 rings (SSSR count). The van der Waals surface area contributed by atoms with E-state index in [9.17, 15) is 5.11 Å². The van der Waals surface area contributed by atoms with Crippen LogP contribution in [0.3, 0.4) is 0 Å². The van der Waals surface area contributed by atoms with Gasteiger partial charge in [0.15, 0.2) is 0 Å². The first-order valence-corrected chi connectivity index (χ1v) is 6.06. The summed E-state index contributed by atoms with van der Waals surface area (Å²) < 4.78 is 5.80. The molecule has 0 aromatic rings. The number of aliphatic hydroxyl groups excluding tert-OH is 2. The zero-order chi connectivity index (χ0) is 11.1. The van der Waals surface area contributed by atoms with Crippen molar-refractivity contribution in [3.8, 4) is 0 Å². The number of fused-ring (bicyclic) bond motifs is 1. The molecule has 2 heterocycles. The number of rotatable bonds is 1. The van der Waals surface area contributed by atoms with E-state index in [1.165, 1.54) is 6.42 Å². The second kappa shape index (κ2) is 3.89. The molecule has 0 spiro atoms. The van der Waals surface area contributed by atoms with Gasteiger partial charge in [-0.2, -0.15) is 0 Å². The zero-order valence-corrected chi connectivity index (χ0v) is 9.25. The molecule has 0 aromatic carbocycles. The molecule has 1 aliphatic carbocycles. The molecule has 0 amide bonds. The number of ether oxygens (including phenoxy) is 1. The van der Waals surface area contributed by atoms with Crippen molar-refractivity contribution in [2.45, 2.75) is 37.5 Å². The van der Waals surface area contributed by atoms with Gasteiger partial charge in [-0.1, -0.05) is 0 Å². The molecule has 0 radical (unpaired) electrons. The van der Waals surface area contributed by atoms with Crippen LogP contribution in [0, 0.1) is 5.92 Å². The van der Waals surface area contributed by atoms with E-state index in [-0.39, 0.29) is 24.7 Å². The van der Waals surface area contributed by atoms with Gasteiger partial charge in [-0.25, -0.2) is 4.99 Å². The van der Waals surface area contributed by atoms with E-state index in [4.69, 9.17) is 9.84 Å². The summed E-state index contributed by atoms with van der Waals surface area (Å²) in [6, 6.07) is 0.848. The number of aliphatic imine (C=N–C) groups is 1. The Morgan fingerprint density at radius 3 is 2.81 bits per heavy atom. The number of hydrogen-bond donors (Lipinski definition) is 2. The normalized spacial score (nSPS) is 42.1. The maximum atomic E-state index is 9.81. The molecule has 1 saturated carbocycles. The molecule has 0 aromatic heterocycles. The van der Waals surface area contributed by atoms with Crippen LogP contribution in [-0.4, -0.2) is 59.1 Å². The molecule has 4 unspecified atom stereocenters. The van der Waals surface area contributed by atoms with Crippen molar-refractivity contribution in [2.24, 2.45) is 10.9 Å². The third kappa shape index (κ3) is 1.58. The molecule has 2 aliphatic heterocycles. The molecule has 4 atom stereocenters. The standard InChI is InChI=1S/C11H18N2O3/c14-6-7-4-10-8(5-9(7)15)12-11(16-10)13-2-1-3-13/h7-10,14-15H,1-6H2. The highest BCUT2D eigenvalue weighted by molar-refractivity contribution is 5.76. The largest absolute Gasteiger partial charge is 0.460 e. The van der Waals surface area contributed by atoms with Crippen molar-refractivity contribution in [3.63, 3.8) is 0 Å². The number of nitrogens with zero attached hydrogens (tertiary/aromatic N) is 2. The first-order chi connectivity index (χ1) is 7.78. The summed E-state index contributed by atoms with van der Waals surface area (Å²) in [6.45, 7) is 2.10. The molecule has 5 nitrogen and oxygen atoms in total. The topological polar surface area (TPSA) is 65.3 Å². The third-order valence-electron chi connectivity index (χ3n) is 3.89. The van der Waals surface area contributed by atoms with Crippen molar-refractivity contribution >= 4 is 6.02 Å². The minimum Gasteiger partial charge on any atom is -0.460 e. The van der Waals surface area contributed by atoms with Crippen molar-refractivity contribution in [3.05, 3.63) is 0 Å². The van der Waals surface area contributed by atoms with Gasteiger partial charge in [0.1, 0.15) is 6.10 Å². The zero-order valence-electron chi connectivity index (χ0n) is 9.25. The number of hydrogen-bond acceptors (Lipinski definition) is 5. The number of likely N-dealkylation sites (tertiary alicyclic amines) is 1. The lowest BCUT2D eigenvalue weighted by atomic mass is 9.82. The summed E-state index contributed by atoms with van der Waals surface area (Å²) in [5.74, 6) is -0.0489. The Kier molecular flexibility index (Phi) is 2.52. The van der Waals surface area contributed by atoms with Gasteiger partial charge >= 0.3 is 0 Å². The van der Waals surface area contributed by atoms with Gasteiger partial charge in [0, 0.05) is 25.6 Å². The summed E-state index contributed by atoms with van der Waals surface area (Å²) in [6.07, 6.45) is 2.17. The van der Waals surface area contributed by atoms with Crippen molar-refractivity contribution in [2.75, 3.05) is 19.7 Å². The fourth-order valence-electron chi connectivity index (χ4n) is 2.63. The Bertz CT molecular complexity index is 304. The molecule has 0 bridgehead atoms. The fraction of sp³-hybridized carbons (Fsp3) is 0.909. The summed E-state index contributed by atoms with van der Waals surface area (Å²) in [5, 5.41) is 19.0. The predicted molar refractivity (Wildman–Crippen MR) is 58.1 cm³/mol. The van der Waals surface area contributed by atoms with Gasteiger partial charge in [-0.05, 0) is 19.3 Å². The molecule has 5 heteroatoms. The molecule has 2 fully saturated rings. The van der Waals surface area contributed by atoms with E-state index in [2.05, 4.69) is 9.89 Å². The molecule has 16 heavy (non-hydrogen) atoms. The Morgan fingerprint density at radius 1 is 1.38 bits per heavy atom. The first kappa shape index (κ1) is 10.4. The van der Waals surface area contributed by atoms with E-state index in [0.717, 1.165) is 19.1 Å². The van der Waals surface area contributed by atoms with Gasteiger partial charge in [-0.15, -0.1) is 0 Å². The molecule has 90 valence electrons. The van der Waals surface area contributed by atoms with E-state index in [0.29, 0.717) is 12.8 Å². The Morgan fingerprint density at radius 2 is 2.19 bits per heavy atom. The maximum Gasteiger partial charge on any atom is 0.288 e. The van der Waals surface area contributed by atoms with Crippen molar-refractivity contribution in [1.82, 2.24) is 4.90 Å². The Balaban J connectivity index is 1.67. The van der Waals surface area contributed by atoms with E-state index >= 15 is 0 Å². The lowest BCUT2D eigenvalue weighted by Crippen LogP contribution is -2.44. The SMILES string of the molecule is OCC1CC2OC(N3CCC3)=NC2CC1O. The highest BCUT2D eigenvalue weighted by Gasteiger charge is 2.42. The fourth-order valence-corrected chi connectivity index (χ4v) is 2.63. The second-order valence-corrected chi connectivity index (χ2v) is 4.96. The summed E-state index contributed by atoms with van der Waals surface area (Å²) >= 11 is 0. The summed E-state index contributed by atoms with van der Waals surface area (Å²) in [5.41, 5.74) is 0. The van der Waals surface area contributed by atoms with Crippen LogP contribution >= 0.6 is 0 Å². The molecular weight excluding hydrogens is 208 g/mol. The van der Waals surface area contributed by atoms with Crippen LogP contribution in [0.5, 0.6) is 0 Å². The third-order valence-corrected chi connectivity index (χ3v) is 3.89. The molecular formula is C11H18N2O3. The van der Waals surface area contributed by atoms with Crippen LogP contribution < -0.4 is 0 Å². The molecule has 1 saturated heterocycles. The van der Waals surface area contributed by atoms with Crippen LogP contribution in [0.25, 0.3) is 0 Å². The van der Waals surface area contributed by atoms with Gasteiger partial charge in [0.25, 0.3) is 6.02 Å². The first-order valence-electron chi connectivity index (χ1n) is 6.06.